The SMILES string of the molecule is c1ccc(Nc2cnnc(N3CCN(c4ccccn4)CC3)n2)cc1. The third-order valence-corrected chi connectivity index (χ3v) is 4.13. The van der Waals surface area contributed by atoms with Gasteiger partial charge in [0.15, 0.2) is 5.82 Å². The molecule has 0 bridgehead atoms. The van der Waals surface area contributed by atoms with Gasteiger partial charge in [-0.1, -0.05) is 24.3 Å². The van der Waals surface area contributed by atoms with E-state index in [2.05, 4.69) is 35.3 Å². The van der Waals surface area contributed by atoms with Gasteiger partial charge in [-0.15, -0.1) is 5.10 Å². The van der Waals surface area contributed by atoms with E-state index in [1.165, 1.54) is 0 Å². The number of piperazine rings is 1. The van der Waals surface area contributed by atoms with E-state index in [4.69, 9.17) is 0 Å². The monoisotopic (exact) mass is 333 g/mol. The van der Waals surface area contributed by atoms with E-state index in [1.54, 1.807) is 6.20 Å². The molecule has 1 N–H and O–H groups in total. The van der Waals surface area contributed by atoms with Gasteiger partial charge < -0.3 is 15.1 Å². The molecule has 7 heteroatoms. The van der Waals surface area contributed by atoms with E-state index >= 15 is 0 Å². The van der Waals surface area contributed by atoms with Crippen LogP contribution in [0.5, 0.6) is 0 Å². The highest BCUT2D eigenvalue weighted by molar-refractivity contribution is 5.56. The van der Waals surface area contributed by atoms with Gasteiger partial charge in [-0.3, -0.25) is 0 Å². The number of nitrogens with one attached hydrogen (secondary N) is 1. The molecule has 1 aliphatic heterocycles. The zero-order chi connectivity index (χ0) is 16.9. The lowest BCUT2D eigenvalue weighted by atomic mass is 10.3. The van der Waals surface area contributed by atoms with Crippen molar-refractivity contribution in [3.05, 3.63) is 60.9 Å². The van der Waals surface area contributed by atoms with Crippen molar-refractivity contribution in [3.8, 4) is 0 Å². The van der Waals surface area contributed by atoms with Gasteiger partial charge in [0, 0.05) is 38.1 Å². The molecule has 1 fully saturated rings. The van der Waals surface area contributed by atoms with Crippen LogP contribution in [0.25, 0.3) is 0 Å². The van der Waals surface area contributed by atoms with Crippen molar-refractivity contribution in [1.82, 2.24) is 20.2 Å². The summed E-state index contributed by atoms with van der Waals surface area (Å²) in [6.45, 7) is 3.45. The van der Waals surface area contributed by atoms with Crippen LogP contribution in [0.3, 0.4) is 0 Å². The summed E-state index contributed by atoms with van der Waals surface area (Å²) in [5.41, 5.74) is 0.980. The van der Waals surface area contributed by atoms with Crippen LogP contribution in [0, 0.1) is 0 Å². The second-order valence-corrected chi connectivity index (χ2v) is 5.79. The Bertz CT molecular complexity index is 802. The van der Waals surface area contributed by atoms with Gasteiger partial charge in [-0.2, -0.15) is 10.1 Å². The number of pyridine rings is 1. The van der Waals surface area contributed by atoms with E-state index in [0.29, 0.717) is 11.8 Å². The van der Waals surface area contributed by atoms with Gasteiger partial charge in [0.05, 0.1) is 6.20 Å². The molecule has 25 heavy (non-hydrogen) atoms. The predicted molar refractivity (Wildman–Crippen MR) is 98.2 cm³/mol. The molecule has 0 aliphatic carbocycles. The Balaban J connectivity index is 1.42. The van der Waals surface area contributed by atoms with E-state index in [-0.39, 0.29) is 0 Å². The lowest BCUT2D eigenvalue weighted by molar-refractivity contribution is 0.630. The van der Waals surface area contributed by atoms with Crippen LogP contribution in [0.15, 0.2) is 60.9 Å². The Kier molecular flexibility index (Phi) is 4.37. The molecule has 0 atom stereocenters. The second kappa shape index (κ2) is 7.12. The predicted octanol–water partition coefficient (Wildman–Crippen LogP) is 2.34. The van der Waals surface area contributed by atoms with Crippen molar-refractivity contribution >= 4 is 23.3 Å². The molecule has 0 spiro atoms. The summed E-state index contributed by atoms with van der Waals surface area (Å²) in [7, 11) is 0. The smallest absolute Gasteiger partial charge is 0.247 e. The van der Waals surface area contributed by atoms with Crippen LogP contribution in [0.4, 0.5) is 23.3 Å². The first-order chi connectivity index (χ1) is 12.4. The normalized spacial score (nSPS) is 14.4. The zero-order valence-electron chi connectivity index (χ0n) is 13.8. The summed E-state index contributed by atoms with van der Waals surface area (Å²) < 4.78 is 0. The summed E-state index contributed by atoms with van der Waals surface area (Å²) in [5, 5.41) is 11.5. The van der Waals surface area contributed by atoms with Gasteiger partial charge in [0.2, 0.25) is 5.95 Å². The van der Waals surface area contributed by atoms with Gasteiger partial charge >= 0.3 is 0 Å². The Morgan fingerprint density at radius 3 is 2.36 bits per heavy atom. The number of nitrogens with zero attached hydrogens (tertiary/aromatic N) is 6. The first kappa shape index (κ1) is 15.3. The summed E-state index contributed by atoms with van der Waals surface area (Å²) in [4.78, 5) is 13.4. The molecule has 0 amide bonds. The minimum absolute atomic E-state index is 0.654. The molecule has 126 valence electrons. The average Bonchev–Trinajstić information content (AvgIpc) is 2.70. The molecule has 0 radical (unpaired) electrons. The molecule has 3 aromatic rings. The Labute approximate surface area is 146 Å². The largest absolute Gasteiger partial charge is 0.353 e. The molecular weight excluding hydrogens is 314 g/mol. The Morgan fingerprint density at radius 2 is 1.60 bits per heavy atom. The van der Waals surface area contributed by atoms with Gasteiger partial charge in [0.1, 0.15) is 5.82 Å². The summed E-state index contributed by atoms with van der Waals surface area (Å²) in [6.07, 6.45) is 3.47. The van der Waals surface area contributed by atoms with Crippen LogP contribution in [0.1, 0.15) is 0 Å². The second-order valence-electron chi connectivity index (χ2n) is 5.79. The van der Waals surface area contributed by atoms with Crippen LogP contribution in [0.2, 0.25) is 0 Å². The average molecular weight is 333 g/mol. The number of hydrogen-bond donors (Lipinski definition) is 1. The van der Waals surface area contributed by atoms with Gasteiger partial charge in [-0.05, 0) is 24.3 Å². The minimum Gasteiger partial charge on any atom is -0.353 e. The lowest BCUT2D eigenvalue weighted by Gasteiger charge is -2.35. The maximum absolute atomic E-state index is 4.60. The highest BCUT2D eigenvalue weighted by atomic mass is 15.4. The quantitative estimate of drug-likeness (QED) is 0.786. The fourth-order valence-corrected chi connectivity index (χ4v) is 2.83. The molecular formula is C18H19N7. The fraction of sp³-hybridized carbons (Fsp3) is 0.222. The topological polar surface area (TPSA) is 70.1 Å². The number of aromatic nitrogens is 4. The Hall–Kier alpha value is -3.22. The molecule has 1 aliphatic rings. The maximum Gasteiger partial charge on any atom is 0.247 e. The maximum atomic E-state index is 4.60. The highest BCUT2D eigenvalue weighted by Crippen LogP contribution is 2.18. The molecule has 2 aromatic heterocycles. The van der Waals surface area contributed by atoms with Crippen molar-refractivity contribution in [3.63, 3.8) is 0 Å². The zero-order valence-corrected chi connectivity index (χ0v) is 13.8. The van der Waals surface area contributed by atoms with E-state index in [9.17, 15) is 0 Å². The van der Waals surface area contributed by atoms with Crippen molar-refractivity contribution in [2.45, 2.75) is 0 Å². The summed E-state index contributed by atoms with van der Waals surface area (Å²) in [6, 6.07) is 15.9. The van der Waals surface area contributed by atoms with Crippen molar-refractivity contribution < 1.29 is 0 Å². The van der Waals surface area contributed by atoms with Gasteiger partial charge in [0.25, 0.3) is 0 Å². The number of rotatable bonds is 4. The van der Waals surface area contributed by atoms with Crippen molar-refractivity contribution in [1.29, 1.82) is 0 Å². The standard InChI is InChI=1S/C18H19N7/c1-2-6-15(7-3-1)21-16-14-20-23-18(22-16)25-12-10-24(11-13-25)17-8-4-5-9-19-17/h1-9,14H,10-13H2,(H,21,22,23). The highest BCUT2D eigenvalue weighted by Gasteiger charge is 2.20. The number of anilines is 4. The van der Waals surface area contributed by atoms with Crippen LogP contribution >= 0.6 is 0 Å². The third kappa shape index (κ3) is 3.65. The lowest BCUT2D eigenvalue weighted by Crippen LogP contribution is -2.47. The fourth-order valence-electron chi connectivity index (χ4n) is 2.83. The van der Waals surface area contributed by atoms with Crippen LogP contribution in [-0.2, 0) is 0 Å². The van der Waals surface area contributed by atoms with E-state index in [0.717, 1.165) is 37.7 Å². The molecule has 3 heterocycles. The van der Waals surface area contributed by atoms with E-state index in [1.807, 2.05) is 54.7 Å². The van der Waals surface area contributed by atoms with Crippen LogP contribution < -0.4 is 15.1 Å². The first-order valence-corrected chi connectivity index (χ1v) is 8.31. The summed E-state index contributed by atoms with van der Waals surface area (Å²) in [5.74, 6) is 2.37. The third-order valence-electron chi connectivity index (χ3n) is 4.13. The minimum atomic E-state index is 0.654. The van der Waals surface area contributed by atoms with E-state index < -0.39 is 0 Å². The summed E-state index contributed by atoms with van der Waals surface area (Å²) >= 11 is 0. The first-order valence-electron chi connectivity index (χ1n) is 8.31. The molecule has 1 aromatic carbocycles. The number of benzene rings is 1. The van der Waals surface area contributed by atoms with Crippen LogP contribution in [-0.4, -0.2) is 46.3 Å². The molecule has 0 unspecified atom stereocenters. The number of para-hydroxylation sites is 1. The molecule has 0 saturated carbocycles. The Morgan fingerprint density at radius 1 is 0.840 bits per heavy atom. The molecule has 4 rings (SSSR count). The van der Waals surface area contributed by atoms with Crippen molar-refractivity contribution in [2.75, 3.05) is 41.3 Å². The van der Waals surface area contributed by atoms with Crippen molar-refractivity contribution in [2.24, 2.45) is 0 Å². The molecule has 1 saturated heterocycles. The van der Waals surface area contributed by atoms with Gasteiger partial charge in [-0.25, -0.2) is 4.98 Å². The number of hydrogen-bond acceptors (Lipinski definition) is 7. The molecule has 7 nitrogen and oxygen atoms in total.